The highest BCUT2D eigenvalue weighted by atomic mass is 16.5. The van der Waals surface area contributed by atoms with Crippen LogP contribution in [0, 0.1) is 12.8 Å². The lowest BCUT2D eigenvalue weighted by Crippen LogP contribution is -2.48. The molecule has 0 radical (unpaired) electrons. The van der Waals surface area contributed by atoms with E-state index in [1.807, 2.05) is 0 Å². The monoisotopic (exact) mass is 345 g/mol. The number of anilines is 1. The SMILES string of the molecule is Cc1cccc(N2CCN(CC[C@H](C)NC(=O)[C@@H]3CCOC3)CC2)c1. The molecule has 2 heterocycles. The van der Waals surface area contributed by atoms with Crippen LogP contribution >= 0.6 is 0 Å². The normalized spacial score (nSPS) is 22.8. The zero-order valence-corrected chi connectivity index (χ0v) is 15.5. The first-order valence-electron chi connectivity index (χ1n) is 9.54. The van der Waals surface area contributed by atoms with Gasteiger partial charge in [-0.25, -0.2) is 0 Å². The Morgan fingerprint density at radius 2 is 2.12 bits per heavy atom. The number of carbonyl (C=O) groups is 1. The number of aryl methyl sites for hydroxylation is 1. The molecule has 0 spiro atoms. The van der Waals surface area contributed by atoms with Crippen LogP contribution < -0.4 is 10.2 Å². The summed E-state index contributed by atoms with van der Waals surface area (Å²) in [6.45, 7) is 10.9. The molecule has 1 aromatic carbocycles. The van der Waals surface area contributed by atoms with E-state index in [1.165, 1.54) is 11.3 Å². The third kappa shape index (κ3) is 5.19. The van der Waals surface area contributed by atoms with Crippen LogP contribution in [0.3, 0.4) is 0 Å². The lowest BCUT2D eigenvalue weighted by Gasteiger charge is -2.36. The number of rotatable bonds is 6. The van der Waals surface area contributed by atoms with Crippen molar-refractivity contribution in [1.29, 1.82) is 0 Å². The second-order valence-corrected chi connectivity index (χ2v) is 7.43. The molecule has 2 atom stereocenters. The van der Waals surface area contributed by atoms with Crippen molar-refractivity contribution in [1.82, 2.24) is 10.2 Å². The highest BCUT2D eigenvalue weighted by molar-refractivity contribution is 5.79. The first kappa shape index (κ1) is 18.2. The van der Waals surface area contributed by atoms with Crippen molar-refractivity contribution >= 4 is 11.6 Å². The van der Waals surface area contributed by atoms with E-state index in [0.29, 0.717) is 6.61 Å². The van der Waals surface area contributed by atoms with E-state index in [-0.39, 0.29) is 17.9 Å². The van der Waals surface area contributed by atoms with Gasteiger partial charge in [0, 0.05) is 51.1 Å². The van der Waals surface area contributed by atoms with Crippen molar-refractivity contribution in [3.05, 3.63) is 29.8 Å². The van der Waals surface area contributed by atoms with Crippen LogP contribution in [0.25, 0.3) is 0 Å². The molecule has 0 unspecified atom stereocenters. The van der Waals surface area contributed by atoms with Crippen LogP contribution in [0.15, 0.2) is 24.3 Å². The topological polar surface area (TPSA) is 44.8 Å². The van der Waals surface area contributed by atoms with Gasteiger partial charge >= 0.3 is 0 Å². The minimum Gasteiger partial charge on any atom is -0.381 e. The largest absolute Gasteiger partial charge is 0.381 e. The average molecular weight is 345 g/mol. The molecule has 5 heteroatoms. The summed E-state index contributed by atoms with van der Waals surface area (Å²) in [6, 6.07) is 8.97. The van der Waals surface area contributed by atoms with Crippen molar-refractivity contribution in [2.75, 3.05) is 50.8 Å². The van der Waals surface area contributed by atoms with Crippen molar-refractivity contribution in [2.24, 2.45) is 5.92 Å². The van der Waals surface area contributed by atoms with Crippen molar-refractivity contribution in [2.45, 2.75) is 32.7 Å². The summed E-state index contributed by atoms with van der Waals surface area (Å²) in [7, 11) is 0. The lowest BCUT2D eigenvalue weighted by molar-refractivity contribution is -0.125. The Hall–Kier alpha value is -1.59. The van der Waals surface area contributed by atoms with Gasteiger partial charge in [-0.05, 0) is 44.4 Å². The Kier molecular flexibility index (Phi) is 6.32. The van der Waals surface area contributed by atoms with Crippen LogP contribution in [0.4, 0.5) is 5.69 Å². The van der Waals surface area contributed by atoms with Gasteiger partial charge in [-0.3, -0.25) is 9.69 Å². The maximum atomic E-state index is 12.1. The van der Waals surface area contributed by atoms with Gasteiger partial charge < -0.3 is 15.0 Å². The number of piperazine rings is 1. The van der Waals surface area contributed by atoms with E-state index in [1.54, 1.807) is 0 Å². The molecule has 2 saturated heterocycles. The molecular formula is C20H31N3O2. The Morgan fingerprint density at radius 1 is 1.32 bits per heavy atom. The molecule has 138 valence electrons. The van der Waals surface area contributed by atoms with Crippen LogP contribution in [-0.2, 0) is 9.53 Å². The number of carbonyl (C=O) groups excluding carboxylic acids is 1. The van der Waals surface area contributed by atoms with Crippen molar-refractivity contribution in [3.63, 3.8) is 0 Å². The summed E-state index contributed by atoms with van der Waals surface area (Å²) in [5.74, 6) is 0.217. The van der Waals surface area contributed by atoms with Gasteiger partial charge in [-0.2, -0.15) is 0 Å². The Bertz CT molecular complexity index is 564. The van der Waals surface area contributed by atoms with Crippen LogP contribution in [0.1, 0.15) is 25.3 Å². The maximum absolute atomic E-state index is 12.1. The third-order valence-electron chi connectivity index (χ3n) is 5.31. The first-order chi connectivity index (χ1) is 12.1. The molecule has 1 amide bonds. The third-order valence-corrected chi connectivity index (χ3v) is 5.31. The summed E-state index contributed by atoms with van der Waals surface area (Å²) >= 11 is 0. The molecule has 1 N–H and O–H groups in total. The molecule has 3 rings (SSSR count). The summed E-state index contributed by atoms with van der Waals surface area (Å²) < 4.78 is 5.30. The van der Waals surface area contributed by atoms with Gasteiger partial charge in [0.2, 0.25) is 5.91 Å². The fourth-order valence-electron chi connectivity index (χ4n) is 3.60. The Morgan fingerprint density at radius 3 is 2.80 bits per heavy atom. The molecule has 1 aromatic rings. The van der Waals surface area contributed by atoms with Gasteiger partial charge in [0.1, 0.15) is 0 Å². The summed E-state index contributed by atoms with van der Waals surface area (Å²) in [6.07, 6.45) is 1.86. The van der Waals surface area contributed by atoms with E-state index in [9.17, 15) is 4.79 Å². The quantitative estimate of drug-likeness (QED) is 0.857. The number of nitrogens with one attached hydrogen (secondary N) is 1. The number of nitrogens with zero attached hydrogens (tertiary/aromatic N) is 2. The molecule has 2 fully saturated rings. The molecule has 2 aliphatic rings. The number of amides is 1. The lowest BCUT2D eigenvalue weighted by atomic mass is 10.1. The van der Waals surface area contributed by atoms with E-state index in [2.05, 4.69) is 53.2 Å². The number of hydrogen-bond donors (Lipinski definition) is 1. The average Bonchev–Trinajstić information content (AvgIpc) is 3.15. The maximum Gasteiger partial charge on any atom is 0.225 e. The highest BCUT2D eigenvalue weighted by Gasteiger charge is 2.24. The second kappa shape index (κ2) is 8.68. The van der Waals surface area contributed by atoms with E-state index in [4.69, 9.17) is 4.74 Å². The van der Waals surface area contributed by atoms with Crippen LogP contribution in [0.5, 0.6) is 0 Å². The first-order valence-corrected chi connectivity index (χ1v) is 9.54. The zero-order chi connectivity index (χ0) is 17.6. The molecule has 0 bridgehead atoms. The number of hydrogen-bond acceptors (Lipinski definition) is 4. The van der Waals surface area contributed by atoms with E-state index >= 15 is 0 Å². The molecule has 0 saturated carbocycles. The number of ether oxygens (including phenoxy) is 1. The van der Waals surface area contributed by atoms with Gasteiger partial charge in [0.25, 0.3) is 0 Å². The van der Waals surface area contributed by atoms with E-state index < -0.39 is 0 Å². The van der Waals surface area contributed by atoms with Gasteiger partial charge in [0.15, 0.2) is 0 Å². The predicted octanol–water partition coefficient (Wildman–Crippen LogP) is 2.05. The summed E-state index contributed by atoms with van der Waals surface area (Å²) in [5, 5.41) is 3.15. The second-order valence-electron chi connectivity index (χ2n) is 7.43. The van der Waals surface area contributed by atoms with Gasteiger partial charge in [0.05, 0.1) is 12.5 Å². The van der Waals surface area contributed by atoms with E-state index in [0.717, 1.165) is 52.2 Å². The molecular weight excluding hydrogens is 314 g/mol. The predicted molar refractivity (Wildman–Crippen MR) is 101 cm³/mol. The van der Waals surface area contributed by atoms with Crippen molar-refractivity contribution < 1.29 is 9.53 Å². The summed E-state index contributed by atoms with van der Waals surface area (Å²) in [4.78, 5) is 17.1. The van der Waals surface area contributed by atoms with Crippen LogP contribution in [-0.4, -0.2) is 62.8 Å². The highest BCUT2D eigenvalue weighted by Crippen LogP contribution is 2.18. The molecule has 25 heavy (non-hydrogen) atoms. The fourth-order valence-corrected chi connectivity index (χ4v) is 3.60. The minimum atomic E-state index is 0.0559. The van der Waals surface area contributed by atoms with Crippen LogP contribution in [0.2, 0.25) is 0 Å². The smallest absolute Gasteiger partial charge is 0.225 e. The molecule has 5 nitrogen and oxygen atoms in total. The Balaban J connectivity index is 1.36. The standard InChI is InChI=1S/C20H31N3O2/c1-16-4-3-5-19(14-16)23-11-9-22(10-12-23)8-6-17(2)21-20(24)18-7-13-25-15-18/h3-5,14,17-18H,6-13,15H2,1-2H3,(H,21,24)/t17-,18+/m0/s1. The molecule has 2 aliphatic heterocycles. The Labute approximate surface area is 151 Å². The van der Waals surface area contributed by atoms with Gasteiger partial charge in [-0.1, -0.05) is 12.1 Å². The van der Waals surface area contributed by atoms with Gasteiger partial charge in [-0.15, -0.1) is 0 Å². The molecule has 0 aliphatic carbocycles. The number of benzene rings is 1. The molecule has 0 aromatic heterocycles. The zero-order valence-electron chi connectivity index (χ0n) is 15.5. The fraction of sp³-hybridized carbons (Fsp3) is 0.650. The summed E-state index contributed by atoms with van der Waals surface area (Å²) in [5.41, 5.74) is 2.65. The van der Waals surface area contributed by atoms with Crippen molar-refractivity contribution in [3.8, 4) is 0 Å². The minimum absolute atomic E-state index is 0.0559.